The molecule has 0 bridgehead atoms. The highest BCUT2D eigenvalue weighted by Gasteiger charge is 2.14. The predicted molar refractivity (Wildman–Crippen MR) is 96.4 cm³/mol. The highest BCUT2D eigenvalue weighted by molar-refractivity contribution is 5.85. The Bertz CT molecular complexity index is 577. The van der Waals surface area contributed by atoms with Crippen molar-refractivity contribution < 1.29 is 9.47 Å². The first-order valence-electron chi connectivity index (χ1n) is 7.91. The summed E-state index contributed by atoms with van der Waals surface area (Å²) in [4.78, 5) is 0. The molecular weight excluding hydrogens is 310 g/mol. The lowest BCUT2D eigenvalue weighted by atomic mass is 10.0. The van der Waals surface area contributed by atoms with Crippen molar-refractivity contribution in [2.75, 3.05) is 20.2 Å². The van der Waals surface area contributed by atoms with E-state index in [4.69, 9.17) is 9.47 Å². The molecule has 3 nitrogen and oxygen atoms in total. The van der Waals surface area contributed by atoms with E-state index in [2.05, 4.69) is 53.8 Å². The van der Waals surface area contributed by atoms with Crippen LogP contribution in [0.25, 0.3) is 11.1 Å². The summed E-state index contributed by atoms with van der Waals surface area (Å²) in [6, 6.07) is 16.9. The third kappa shape index (κ3) is 4.96. The Balaban J connectivity index is 0.00000192. The van der Waals surface area contributed by atoms with Gasteiger partial charge in [0.05, 0.1) is 6.61 Å². The third-order valence-corrected chi connectivity index (χ3v) is 4.04. The lowest BCUT2D eigenvalue weighted by molar-refractivity contribution is 0.162. The lowest BCUT2D eigenvalue weighted by Crippen LogP contribution is -2.34. The van der Waals surface area contributed by atoms with Gasteiger partial charge in [0.1, 0.15) is 11.9 Å². The summed E-state index contributed by atoms with van der Waals surface area (Å²) in [6.07, 6.45) is 2.52. The number of nitrogens with one attached hydrogen (secondary N) is 1. The van der Waals surface area contributed by atoms with Crippen LogP contribution in [0.15, 0.2) is 48.5 Å². The molecule has 0 unspecified atom stereocenters. The second kappa shape index (κ2) is 8.92. The fraction of sp³-hybridized carbons (Fsp3) is 0.368. The molecule has 1 fully saturated rings. The van der Waals surface area contributed by atoms with Gasteiger partial charge in [0.15, 0.2) is 0 Å². The van der Waals surface area contributed by atoms with Gasteiger partial charge in [0.25, 0.3) is 0 Å². The van der Waals surface area contributed by atoms with Gasteiger partial charge in [0, 0.05) is 7.11 Å². The van der Waals surface area contributed by atoms with E-state index in [1.165, 1.54) is 16.7 Å². The van der Waals surface area contributed by atoms with Crippen molar-refractivity contribution in [1.82, 2.24) is 5.32 Å². The Morgan fingerprint density at radius 2 is 1.48 bits per heavy atom. The first-order chi connectivity index (χ1) is 10.8. The van der Waals surface area contributed by atoms with Crippen LogP contribution in [0.4, 0.5) is 0 Å². The molecule has 3 rings (SSSR count). The van der Waals surface area contributed by atoms with Crippen molar-refractivity contribution in [2.24, 2.45) is 0 Å². The predicted octanol–water partition coefficient (Wildman–Crippen LogP) is 4.05. The molecule has 1 aliphatic heterocycles. The van der Waals surface area contributed by atoms with E-state index >= 15 is 0 Å². The fourth-order valence-electron chi connectivity index (χ4n) is 2.79. The van der Waals surface area contributed by atoms with Gasteiger partial charge in [-0.15, -0.1) is 12.4 Å². The number of ether oxygens (including phenoxy) is 2. The quantitative estimate of drug-likeness (QED) is 0.895. The molecule has 2 aromatic carbocycles. The number of rotatable bonds is 5. The topological polar surface area (TPSA) is 30.5 Å². The molecule has 0 spiro atoms. The van der Waals surface area contributed by atoms with Gasteiger partial charge in [0.2, 0.25) is 0 Å². The van der Waals surface area contributed by atoms with Crippen LogP contribution in [0.3, 0.4) is 0 Å². The third-order valence-electron chi connectivity index (χ3n) is 4.04. The number of methoxy groups -OCH3 is 1. The molecule has 0 saturated carbocycles. The largest absolute Gasteiger partial charge is 0.490 e. The number of hydrogen-bond donors (Lipinski definition) is 1. The molecule has 0 atom stereocenters. The van der Waals surface area contributed by atoms with E-state index < -0.39 is 0 Å². The van der Waals surface area contributed by atoms with Crippen molar-refractivity contribution in [2.45, 2.75) is 25.6 Å². The van der Waals surface area contributed by atoms with Crippen molar-refractivity contribution in [3.05, 3.63) is 54.1 Å². The van der Waals surface area contributed by atoms with Crippen LogP contribution >= 0.6 is 12.4 Å². The molecule has 1 saturated heterocycles. The highest BCUT2D eigenvalue weighted by atomic mass is 35.5. The van der Waals surface area contributed by atoms with Crippen LogP contribution in [0.1, 0.15) is 18.4 Å². The zero-order valence-corrected chi connectivity index (χ0v) is 14.3. The molecule has 2 aromatic rings. The summed E-state index contributed by atoms with van der Waals surface area (Å²) in [6.45, 7) is 2.76. The van der Waals surface area contributed by atoms with E-state index in [0.29, 0.717) is 12.7 Å². The van der Waals surface area contributed by atoms with Crippen LogP contribution in [-0.2, 0) is 11.3 Å². The summed E-state index contributed by atoms with van der Waals surface area (Å²) in [7, 11) is 1.72. The van der Waals surface area contributed by atoms with E-state index in [0.717, 1.165) is 31.7 Å². The van der Waals surface area contributed by atoms with Crippen LogP contribution in [0.2, 0.25) is 0 Å². The maximum Gasteiger partial charge on any atom is 0.119 e. The van der Waals surface area contributed by atoms with Gasteiger partial charge in [-0.05, 0) is 54.8 Å². The molecule has 4 heteroatoms. The van der Waals surface area contributed by atoms with E-state index in [9.17, 15) is 0 Å². The number of halogens is 1. The van der Waals surface area contributed by atoms with Crippen LogP contribution < -0.4 is 10.1 Å². The number of piperidine rings is 1. The molecular formula is C19H24ClNO2. The van der Waals surface area contributed by atoms with Crippen LogP contribution in [-0.4, -0.2) is 26.3 Å². The smallest absolute Gasteiger partial charge is 0.119 e. The summed E-state index contributed by atoms with van der Waals surface area (Å²) >= 11 is 0. The highest BCUT2D eigenvalue weighted by Crippen LogP contribution is 2.24. The van der Waals surface area contributed by atoms with Gasteiger partial charge < -0.3 is 14.8 Å². The van der Waals surface area contributed by atoms with Crippen molar-refractivity contribution in [1.29, 1.82) is 0 Å². The van der Waals surface area contributed by atoms with Gasteiger partial charge in [-0.1, -0.05) is 36.4 Å². The minimum absolute atomic E-state index is 0. The van der Waals surface area contributed by atoms with E-state index in [-0.39, 0.29) is 12.4 Å². The molecule has 0 aliphatic carbocycles. The molecule has 0 radical (unpaired) electrons. The average molecular weight is 334 g/mol. The zero-order chi connectivity index (χ0) is 15.2. The fourth-order valence-corrected chi connectivity index (χ4v) is 2.79. The molecule has 124 valence electrons. The SMILES string of the molecule is COCc1ccc(-c2ccc(OC3CCNCC3)cc2)cc1.Cl. The number of hydrogen-bond acceptors (Lipinski definition) is 3. The van der Waals surface area contributed by atoms with Crippen LogP contribution in [0, 0.1) is 0 Å². The first-order valence-corrected chi connectivity index (χ1v) is 7.91. The summed E-state index contributed by atoms with van der Waals surface area (Å²) in [5, 5.41) is 3.36. The maximum atomic E-state index is 6.04. The second-order valence-corrected chi connectivity index (χ2v) is 5.72. The Labute approximate surface area is 144 Å². The van der Waals surface area contributed by atoms with Crippen molar-refractivity contribution >= 4 is 12.4 Å². The Morgan fingerprint density at radius 3 is 2.04 bits per heavy atom. The van der Waals surface area contributed by atoms with Gasteiger partial charge in [-0.25, -0.2) is 0 Å². The maximum absolute atomic E-state index is 6.04. The molecule has 0 amide bonds. The Morgan fingerprint density at radius 1 is 0.913 bits per heavy atom. The molecule has 1 heterocycles. The minimum Gasteiger partial charge on any atom is -0.490 e. The van der Waals surface area contributed by atoms with Gasteiger partial charge in [-0.3, -0.25) is 0 Å². The summed E-state index contributed by atoms with van der Waals surface area (Å²) in [5.74, 6) is 0.964. The molecule has 1 aliphatic rings. The van der Waals surface area contributed by atoms with Gasteiger partial charge in [-0.2, -0.15) is 0 Å². The standard InChI is InChI=1S/C19H23NO2.ClH/c1-21-14-15-2-4-16(5-3-15)17-6-8-18(9-7-17)22-19-10-12-20-13-11-19;/h2-9,19-20H,10-14H2,1H3;1H. The van der Waals surface area contributed by atoms with Crippen molar-refractivity contribution in [3.63, 3.8) is 0 Å². The molecule has 23 heavy (non-hydrogen) atoms. The first kappa shape index (κ1) is 17.8. The second-order valence-electron chi connectivity index (χ2n) is 5.72. The molecule has 0 aromatic heterocycles. The zero-order valence-electron chi connectivity index (χ0n) is 13.5. The average Bonchev–Trinajstić information content (AvgIpc) is 2.58. The monoisotopic (exact) mass is 333 g/mol. The Hall–Kier alpha value is -1.55. The van der Waals surface area contributed by atoms with Crippen LogP contribution in [0.5, 0.6) is 5.75 Å². The molecule has 1 N–H and O–H groups in total. The van der Waals surface area contributed by atoms with E-state index in [1.807, 2.05) is 0 Å². The minimum atomic E-state index is 0. The van der Waals surface area contributed by atoms with E-state index in [1.54, 1.807) is 7.11 Å². The number of benzene rings is 2. The summed E-state index contributed by atoms with van der Waals surface area (Å²) < 4.78 is 11.2. The normalized spacial score (nSPS) is 15.0. The summed E-state index contributed by atoms with van der Waals surface area (Å²) in [5.41, 5.74) is 3.62. The van der Waals surface area contributed by atoms with Crippen molar-refractivity contribution in [3.8, 4) is 16.9 Å². The lowest BCUT2D eigenvalue weighted by Gasteiger charge is -2.23. The van der Waals surface area contributed by atoms with Gasteiger partial charge >= 0.3 is 0 Å². The Kier molecular flexibility index (Phi) is 6.90.